The molecular formula is C27H15BrCl2N2O3. The van der Waals surface area contributed by atoms with Crippen LogP contribution in [0, 0.1) is 11.3 Å². The van der Waals surface area contributed by atoms with Gasteiger partial charge in [-0.3, -0.25) is 4.79 Å². The van der Waals surface area contributed by atoms with Crippen molar-refractivity contribution in [2.75, 3.05) is 5.32 Å². The molecule has 0 saturated carbocycles. The van der Waals surface area contributed by atoms with Crippen molar-refractivity contribution in [2.45, 2.75) is 0 Å². The molecule has 0 bridgehead atoms. The van der Waals surface area contributed by atoms with Gasteiger partial charge in [0.1, 0.15) is 17.4 Å². The Morgan fingerprint density at radius 1 is 0.943 bits per heavy atom. The maximum atomic E-state index is 12.8. The molecule has 0 radical (unpaired) electrons. The number of hydrogen-bond donors (Lipinski definition) is 1. The van der Waals surface area contributed by atoms with E-state index >= 15 is 0 Å². The Morgan fingerprint density at radius 2 is 1.71 bits per heavy atom. The second-order valence-electron chi connectivity index (χ2n) is 7.36. The number of nitrogens with zero attached hydrogens (tertiary/aromatic N) is 1. The Kier molecular flexibility index (Phi) is 7.52. The molecule has 1 N–H and O–H groups in total. The minimum atomic E-state index is -0.603. The Bertz CT molecular complexity index is 1540. The standard InChI is InChI=1S/C27H15BrCl2N2O3/c28-22-13-16(12-18(15-31)26(33)32-19-9-10-23(29)24(30)14-19)8-11-25(22)35-27(34)21-7-3-5-17-4-1-2-6-20(17)21/h1-14H,(H,32,33)/b18-12+. The number of hydrogen-bond acceptors (Lipinski definition) is 4. The van der Waals surface area contributed by atoms with E-state index in [0.717, 1.165) is 10.8 Å². The molecule has 4 rings (SSSR count). The number of esters is 1. The summed E-state index contributed by atoms with van der Waals surface area (Å²) in [5.74, 6) is -0.795. The SMILES string of the molecule is N#C/C(=C\c1ccc(OC(=O)c2cccc3ccccc23)c(Br)c1)C(=O)Nc1ccc(Cl)c(Cl)c1. The van der Waals surface area contributed by atoms with Crippen LogP contribution in [0.1, 0.15) is 15.9 Å². The molecule has 8 heteroatoms. The number of carbonyl (C=O) groups is 2. The molecule has 0 spiro atoms. The van der Waals surface area contributed by atoms with Crippen LogP contribution in [-0.2, 0) is 4.79 Å². The van der Waals surface area contributed by atoms with Gasteiger partial charge >= 0.3 is 5.97 Å². The van der Waals surface area contributed by atoms with E-state index in [9.17, 15) is 14.9 Å². The number of benzene rings is 4. The van der Waals surface area contributed by atoms with Crippen LogP contribution in [0.3, 0.4) is 0 Å². The van der Waals surface area contributed by atoms with Crippen molar-refractivity contribution in [1.29, 1.82) is 5.26 Å². The molecule has 1 amide bonds. The number of nitriles is 1. The zero-order valence-electron chi connectivity index (χ0n) is 17.9. The van der Waals surface area contributed by atoms with E-state index in [1.165, 1.54) is 12.1 Å². The van der Waals surface area contributed by atoms with E-state index < -0.39 is 11.9 Å². The Labute approximate surface area is 219 Å². The van der Waals surface area contributed by atoms with E-state index in [1.54, 1.807) is 42.5 Å². The molecule has 0 aromatic heterocycles. The molecule has 0 aliphatic heterocycles. The Balaban J connectivity index is 1.52. The van der Waals surface area contributed by atoms with Gasteiger partial charge in [0, 0.05) is 5.69 Å². The van der Waals surface area contributed by atoms with E-state index in [1.807, 2.05) is 36.4 Å². The van der Waals surface area contributed by atoms with Gasteiger partial charge in [-0.25, -0.2) is 4.79 Å². The summed E-state index contributed by atoms with van der Waals surface area (Å²) in [4.78, 5) is 25.4. The summed E-state index contributed by atoms with van der Waals surface area (Å²) in [6.45, 7) is 0. The topological polar surface area (TPSA) is 79.2 Å². The third kappa shape index (κ3) is 5.72. The van der Waals surface area contributed by atoms with Crippen LogP contribution in [0.5, 0.6) is 5.75 Å². The lowest BCUT2D eigenvalue weighted by atomic mass is 10.0. The second-order valence-corrected chi connectivity index (χ2v) is 9.03. The molecule has 0 saturated heterocycles. The van der Waals surface area contributed by atoms with Crippen LogP contribution in [0.4, 0.5) is 5.69 Å². The molecule has 0 unspecified atom stereocenters. The highest BCUT2D eigenvalue weighted by atomic mass is 79.9. The number of amides is 1. The zero-order valence-corrected chi connectivity index (χ0v) is 21.0. The molecule has 0 atom stereocenters. The highest BCUT2D eigenvalue weighted by Gasteiger charge is 2.15. The smallest absolute Gasteiger partial charge is 0.344 e. The molecule has 4 aromatic carbocycles. The lowest BCUT2D eigenvalue weighted by molar-refractivity contribution is -0.112. The van der Waals surface area contributed by atoms with Crippen molar-refractivity contribution >= 4 is 73.5 Å². The zero-order chi connectivity index (χ0) is 24.9. The molecule has 4 aromatic rings. The Hall–Kier alpha value is -3.63. The fourth-order valence-electron chi connectivity index (χ4n) is 3.34. The molecule has 0 aliphatic carbocycles. The van der Waals surface area contributed by atoms with E-state index in [-0.39, 0.29) is 10.6 Å². The van der Waals surface area contributed by atoms with Crippen LogP contribution >= 0.6 is 39.1 Å². The first-order valence-electron chi connectivity index (χ1n) is 10.2. The van der Waals surface area contributed by atoms with Gasteiger partial charge in [-0.15, -0.1) is 0 Å². The van der Waals surface area contributed by atoms with Crippen molar-refractivity contribution < 1.29 is 14.3 Å². The van der Waals surface area contributed by atoms with Crippen molar-refractivity contribution in [2.24, 2.45) is 0 Å². The Morgan fingerprint density at radius 3 is 2.46 bits per heavy atom. The van der Waals surface area contributed by atoms with Crippen LogP contribution in [-0.4, -0.2) is 11.9 Å². The van der Waals surface area contributed by atoms with Gasteiger partial charge < -0.3 is 10.1 Å². The highest BCUT2D eigenvalue weighted by molar-refractivity contribution is 9.10. The van der Waals surface area contributed by atoms with Crippen LogP contribution < -0.4 is 10.1 Å². The van der Waals surface area contributed by atoms with Crippen molar-refractivity contribution in [3.8, 4) is 11.8 Å². The van der Waals surface area contributed by atoms with Crippen molar-refractivity contribution in [3.05, 3.63) is 110 Å². The fourth-order valence-corrected chi connectivity index (χ4v) is 4.11. The average molecular weight is 566 g/mol. The number of carbonyl (C=O) groups excluding carboxylic acids is 2. The first-order chi connectivity index (χ1) is 16.9. The second kappa shape index (κ2) is 10.7. The summed E-state index contributed by atoms with van der Waals surface area (Å²) in [6.07, 6.45) is 1.42. The number of nitrogens with one attached hydrogen (secondary N) is 1. The molecule has 35 heavy (non-hydrogen) atoms. The van der Waals surface area contributed by atoms with E-state index in [0.29, 0.717) is 32.1 Å². The lowest BCUT2D eigenvalue weighted by Gasteiger charge is -2.09. The van der Waals surface area contributed by atoms with Crippen LogP contribution in [0.15, 0.2) is 88.9 Å². The summed E-state index contributed by atoms with van der Waals surface area (Å²) in [6, 6.07) is 24.4. The lowest BCUT2D eigenvalue weighted by Crippen LogP contribution is -2.13. The molecule has 172 valence electrons. The minimum Gasteiger partial charge on any atom is -0.422 e. The summed E-state index contributed by atoms with van der Waals surface area (Å²) in [5, 5.41) is 14.5. The largest absolute Gasteiger partial charge is 0.422 e. The number of anilines is 1. The van der Waals surface area contributed by atoms with Gasteiger partial charge in [0.15, 0.2) is 0 Å². The molecule has 0 heterocycles. The number of ether oxygens (including phenoxy) is 1. The normalized spacial score (nSPS) is 11.1. The van der Waals surface area contributed by atoms with E-state index in [4.69, 9.17) is 27.9 Å². The molecule has 0 fully saturated rings. The summed E-state index contributed by atoms with van der Waals surface area (Å²) < 4.78 is 6.09. The van der Waals surface area contributed by atoms with Gasteiger partial charge in [0.2, 0.25) is 0 Å². The van der Waals surface area contributed by atoms with Crippen LogP contribution in [0.25, 0.3) is 16.8 Å². The quantitative estimate of drug-likeness (QED) is 0.116. The number of rotatable bonds is 5. The summed E-state index contributed by atoms with van der Waals surface area (Å²) in [7, 11) is 0. The fraction of sp³-hybridized carbons (Fsp3) is 0. The van der Waals surface area contributed by atoms with E-state index in [2.05, 4.69) is 21.2 Å². The maximum Gasteiger partial charge on any atom is 0.344 e. The summed E-state index contributed by atoms with van der Waals surface area (Å²) >= 11 is 15.3. The predicted octanol–water partition coefficient (Wildman–Crippen LogP) is 7.67. The predicted molar refractivity (Wildman–Crippen MR) is 142 cm³/mol. The van der Waals surface area contributed by atoms with Gasteiger partial charge in [0.25, 0.3) is 5.91 Å². The average Bonchev–Trinajstić information content (AvgIpc) is 2.85. The molecular weight excluding hydrogens is 551 g/mol. The van der Waals surface area contributed by atoms with Crippen molar-refractivity contribution in [3.63, 3.8) is 0 Å². The number of fused-ring (bicyclic) bond motifs is 1. The first kappa shape index (κ1) is 24.5. The third-order valence-corrected chi connectivity index (χ3v) is 6.38. The number of halogens is 3. The van der Waals surface area contributed by atoms with Gasteiger partial charge in [0.05, 0.1) is 20.1 Å². The highest BCUT2D eigenvalue weighted by Crippen LogP contribution is 2.29. The maximum absolute atomic E-state index is 12.8. The third-order valence-electron chi connectivity index (χ3n) is 5.02. The minimum absolute atomic E-state index is 0.122. The molecule has 0 aliphatic rings. The van der Waals surface area contributed by atoms with Gasteiger partial charge in [-0.1, -0.05) is 65.7 Å². The van der Waals surface area contributed by atoms with Crippen molar-refractivity contribution in [1.82, 2.24) is 0 Å². The van der Waals surface area contributed by atoms with Gasteiger partial charge in [-0.2, -0.15) is 5.26 Å². The summed E-state index contributed by atoms with van der Waals surface area (Å²) in [5.41, 5.74) is 1.29. The molecule has 5 nitrogen and oxygen atoms in total. The monoisotopic (exact) mass is 564 g/mol. The first-order valence-corrected chi connectivity index (χ1v) is 11.8. The van der Waals surface area contributed by atoms with Gasteiger partial charge in [-0.05, 0) is 74.7 Å². The van der Waals surface area contributed by atoms with Crippen LogP contribution in [0.2, 0.25) is 10.0 Å².